The monoisotopic (exact) mass is 787 g/mol. The van der Waals surface area contributed by atoms with Crippen LogP contribution >= 0.6 is 0 Å². The number of fused-ring (bicyclic) bond motifs is 3. The first-order chi connectivity index (χ1) is 24.1. The van der Waals surface area contributed by atoms with Gasteiger partial charge in [0.1, 0.15) is 20.4 Å². The molecule has 0 fully saturated rings. The van der Waals surface area contributed by atoms with Crippen molar-refractivity contribution < 1.29 is 57.0 Å². The van der Waals surface area contributed by atoms with Crippen molar-refractivity contribution in [2.45, 2.75) is 19.6 Å². The van der Waals surface area contributed by atoms with Gasteiger partial charge in [-0.25, -0.2) is 0 Å². The number of aromatic hydroxyl groups is 1. The summed E-state index contributed by atoms with van der Waals surface area (Å²) in [5, 5.41) is 27.0. The van der Waals surface area contributed by atoms with Crippen LogP contribution in [0.2, 0.25) is 0 Å². The number of hydrogen-bond donors (Lipinski definition) is 6. The van der Waals surface area contributed by atoms with Gasteiger partial charge in [-0.05, 0) is 66.0 Å². The zero-order valence-corrected chi connectivity index (χ0v) is 28.9. The van der Waals surface area contributed by atoms with Crippen LogP contribution in [0.4, 0.5) is 28.4 Å². The molecule has 0 aliphatic rings. The summed E-state index contributed by atoms with van der Waals surface area (Å²) in [7, 11) is -19.6. The van der Waals surface area contributed by atoms with Crippen molar-refractivity contribution in [1.29, 1.82) is 0 Å². The van der Waals surface area contributed by atoms with E-state index in [0.717, 1.165) is 24.3 Å². The van der Waals surface area contributed by atoms with E-state index in [1.807, 2.05) is 0 Å². The molecule has 6 aromatic rings. The Bertz CT molecular complexity index is 3040. The first-order valence-electron chi connectivity index (χ1n) is 14.1. The van der Waals surface area contributed by atoms with E-state index in [-0.39, 0.29) is 43.5 Å². The van der Waals surface area contributed by atoms with Crippen molar-refractivity contribution in [3.63, 3.8) is 0 Å². The Kier molecular flexibility index (Phi) is 8.83. The Morgan fingerprint density at radius 1 is 0.500 bits per heavy atom. The molecule has 0 bridgehead atoms. The number of hydrogen-bond acceptors (Lipinski definition) is 14. The molecule has 0 saturated carbocycles. The van der Waals surface area contributed by atoms with Gasteiger partial charge in [0.2, 0.25) is 0 Å². The quantitative estimate of drug-likeness (QED) is 0.0564. The highest BCUT2D eigenvalue weighted by Crippen LogP contribution is 2.45. The van der Waals surface area contributed by atoms with Crippen LogP contribution in [0.1, 0.15) is 0 Å². The molecular formula is C30H21N5O13S4. The summed E-state index contributed by atoms with van der Waals surface area (Å²) < 4.78 is 135. The zero-order chi connectivity index (χ0) is 38.0. The number of nitrogens with zero attached hydrogens (tertiary/aromatic N) is 4. The summed E-state index contributed by atoms with van der Waals surface area (Å²) in [5.74, 6) is -0.994. The lowest BCUT2D eigenvalue weighted by molar-refractivity contribution is 0.471. The minimum Gasteiger partial charge on any atom is -0.505 e. The lowest BCUT2D eigenvalue weighted by atomic mass is 10.1. The first kappa shape index (κ1) is 36.3. The molecule has 0 atom stereocenters. The summed E-state index contributed by atoms with van der Waals surface area (Å²) in [6.07, 6.45) is 0. The number of azo groups is 2. The van der Waals surface area contributed by atoms with Gasteiger partial charge in [-0.2, -0.15) is 38.8 Å². The van der Waals surface area contributed by atoms with Gasteiger partial charge in [-0.1, -0.05) is 24.3 Å². The Labute approximate surface area is 293 Å². The molecule has 52 heavy (non-hydrogen) atoms. The maximum Gasteiger partial charge on any atom is 0.297 e. The fourth-order valence-electron chi connectivity index (χ4n) is 5.37. The summed E-state index contributed by atoms with van der Waals surface area (Å²) in [6.45, 7) is 0. The standard InChI is InChI=1S/C30H21N5O13S4/c31-23-9-8-20-22(30(23)52(46,47)48)14-27(51(43,44)45)28(29(20)36)35-34-25-11-10-24(19-7-5-17(13-21(19)25)49(37,38)39)33-32-16-4-6-18-15(12-16)2-1-3-26(18)50(40,41)42/h1-14,36H,31H2,(H,37,38,39)(H,40,41,42)(H,43,44,45)(H,46,47,48). The van der Waals surface area contributed by atoms with Gasteiger partial charge in [0.05, 0.1) is 27.6 Å². The number of nitrogens with two attached hydrogens (primary N) is 1. The summed E-state index contributed by atoms with van der Waals surface area (Å²) >= 11 is 0. The molecule has 0 spiro atoms. The van der Waals surface area contributed by atoms with E-state index >= 15 is 0 Å². The fraction of sp³-hybridized carbons (Fsp3) is 0. The summed E-state index contributed by atoms with van der Waals surface area (Å²) in [5.41, 5.74) is 4.48. The molecular weight excluding hydrogens is 767 g/mol. The minimum atomic E-state index is -5.27. The lowest BCUT2D eigenvalue weighted by Crippen LogP contribution is -2.06. The maximum atomic E-state index is 12.4. The number of phenols is 1. The van der Waals surface area contributed by atoms with Gasteiger partial charge in [-0.3, -0.25) is 18.2 Å². The van der Waals surface area contributed by atoms with Crippen LogP contribution in [0.15, 0.2) is 125 Å². The molecule has 0 amide bonds. The Morgan fingerprint density at radius 2 is 1.12 bits per heavy atom. The normalized spacial score (nSPS) is 13.2. The molecule has 0 radical (unpaired) electrons. The number of anilines is 1. The maximum absolute atomic E-state index is 12.4. The van der Waals surface area contributed by atoms with E-state index in [4.69, 9.17) is 5.73 Å². The van der Waals surface area contributed by atoms with E-state index in [1.165, 1.54) is 48.5 Å². The van der Waals surface area contributed by atoms with Crippen molar-refractivity contribution >= 4 is 101 Å². The van der Waals surface area contributed by atoms with E-state index in [1.54, 1.807) is 6.07 Å². The van der Waals surface area contributed by atoms with Crippen molar-refractivity contribution in [3.05, 3.63) is 84.9 Å². The van der Waals surface area contributed by atoms with Gasteiger partial charge in [0.25, 0.3) is 40.5 Å². The lowest BCUT2D eigenvalue weighted by Gasteiger charge is -2.12. The largest absolute Gasteiger partial charge is 0.505 e. The third kappa shape index (κ3) is 6.91. The average Bonchev–Trinajstić information content (AvgIpc) is 3.04. The predicted molar refractivity (Wildman–Crippen MR) is 186 cm³/mol. The molecule has 0 heterocycles. The Morgan fingerprint density at radius 3 is 1.75 bits per heavy atom. The van der Waals surface area contributed by atoms with Crippen LogP contribution in [0.5, 0.6) is 5.75 Å². The Hall–Kier alpha value is -5.46. The second kappa shape index (κ2) is 12.6. The summed E-state index contributed by atoms with van der Waals surface area (Å²) in [4.78, 5) is -2.98. The number of benzene rings is 6. The van der Waals surface area contributed by atoms with Crippen molar-refractivity contribution in [2.24, 2.45) is 20.5 Å². The average molecular weight is 788 g/mol. The van der Waals surface area contributed by atoms with E-state index in [2.05, 4.69) is 20.5 Å². The molecule has 268 valence electrons. The zero-order valence-electron chi connectivity index (χ0n) is 25.6. The van der Waals surface area contributed by atoms with Crippen LogP contribution < -0.4 is 5.73 Å². The van der Waals surface area contributed by atoms with E-state index < -0.39 is 77.7 Å². The summed E-state index contributed by atoms with van der Waals surface area (Å²) in [6, 6.07) is 17.2. The molecule has 0 aromatic heterocycles. The van der Waals surface area contributed by atoms with Gasteiger partial charge in [0, 0.05) is 26.9 Å². The van der Waals surface area contributed by atoms with Gasteiger partial charge in [-0.15, -0.1) is 15.3 Å². The van der Waals surface area contributed by atoms with Gasteiger partial charge >= 0.3 is 0 Å². The van der Waals surface area contributed by atoms with Crippen LogP contribution in [-0.2, 0) is 40.5 Å². The molecule has 0 aliphatic heterocycles. The second-order valence-electron chi connectivity index (χ2n) is 10.9. The molecule has 0 aliphatic carbocycles. The first-order valence-corrected chi connectivity index (χ1v) is 19.8. The van der Waals surface area contributed by atoms with Crippen molar-refractivity contribution in [1.82, 2.24) is 0 Å². The van der Waals surface area contributed by atoms with Gasteiger partial charge in [0.15, 0.2) is 5.75 Å². The molecule has 6 aromatic carbocycles. The van der Waals surface area contributed by atoms with E-state index in [0.29, 0.717) is 11.5 Å². The number of phenolic OH excluding ortho intramolecular Hbond substituents is 1. The van der Waals surface area contributed by atoms with E-state index in [9.17, 15) is 57.0 Å². The van der Waals surface area contributed by atoms with Crippen LogP contribution in [0, 0.1) is 0 Å². The predicted octanol–water partition coefficient (Wildman–Crippen LogP) is 6.25. The molecule has 7 N–H and O–H groups in total. The SMILES string of the molecule is Nc1ccc2c(O)c(N=Nc3ccc(N=Nc4ccc5c(S(=O)(=O)O)cccc5c4)c4ccc(S(=O)(=O)O)cc34)c(S(=O)(=O)O)cc2c1S(=O)(=O)O. The van der Waals surface area contributed by atoms with Crippen LogP contribution in [0.25, 0.3) is 32.3 Å². The number of rotatable bonds is 8. The van der Waals surface area contributed by atoms with Crippen molar-refractivity contribution in [2.75, 3.05) is 5.73 Å². The van der Waals surface area contributed by atoms with Crippen molar-refractivity contribution in [3.8, 4) is 5.75 Å². The fourth-order valence-corrected chi connectivity index (χ4v) is 8.05. The highest BCUT2D eigenvalue weighted by atomic mass is 32.2. The van der Waals surface area contributed by atoms with Crippen LogP contribution in [0.3, 0.4) is 0 Å². The third-order valence-corrected chi connectivity index (χ3v) is 11.2. The second-order valence-corrected chi connectivity index (χ2v) is 16.5. The topological polar surface area (TPSA) is 313 Å². The Balaban J connectivity index is 1.51. The van der Waals surface area contributed by atoms with Crippen LogP contribution in [-0.4, -0.2) is 57.0 Å². The minimum absolute atomic E-state index is 0.0400. The number of nitrogen functional groups attached to an aromatic ring is 1. The molecule has 0 saturated heterocycles. The molecule has 22 heteroatoms. The molecule has 6 rings (SSSR count). The third-order valence-electron chi connectivity index (χ3n) is 7.62. The molecule has 0 unspecified atom stereocenters. The van der Waals surface area contributed by atoms with Gasteiger partial charge < -0.3 is 10.8 Å². The highest BCUT2D eigenvalue weighted by molar-refractivity contribution is 7.87. The smallest absolute Gasteiger partial charge is 0.297 e. The highest BCUT2D eigenvalue weighted by Gasteiger charge is 2.27. The molecule has 18 nitrogen and oxygen atoms in total.